The third-order valence-corrected chi connectivity index (χ3v) is 5.48. The minimum atomic E-state index is -0.351. The maximum Gasteiger partial charge on any atom is 0.255 e. The summed E-state index contributed by atoms with van der Waals surface area (Å²) in [7, 11) is 3.46. The normalized spacial score (nSPS) is 18.2. The van der Waals surface area contributed by atoms with Gasteiger partial charge in [0, 0.05) is 30.1 Å². The van der Waals surface area contributed by atoms with Gasteiger partial charge in [0.05, 0.1) is 5.88 Å². The summed E-state index contributed by atoms with van der Waals surface area (Å²) in [6.45, 7) is 0. The number of thioether (sulfide) groups is 1. The third-order valence-electron chi connectivity index (χ3n) is 3.57. The highest BCUT2D eigenvalue weighted by atomic mass is 32.2. The Hall–Kier alpha value is -1.53. The van der Waals surface area contributed by atoms with Crippen LogP contribution in [0, 0.1) is 0 Å². The molecule has 1 aromatic carbocycles. The average molecular weight is 320 g/mol. The molecular formula is C15H16N2O2S2. The van der Waals surface area contributed by atoms with E-state index in [2.05, 4.69) is 0 Å². The Bertz CT molecular complexity index is 696. The van der Waals surface area contributed by atoms with Crippen molar-refractivity contribution in [3.63, 3.8) is 0 Å². The Labute approximate surface area is 131 Å². The van der Waals surface area contributed by atoms with E-state index in [1.807, 2.05) is 29.6 Å². The zero-order valence-corrected chi connectivity index (χ0v) is 13.5. The molecule has 21 heavy (non-hydrogen) atoms. The van der Waals surface area contributed by atoms with E-state index in [1.165, 1.54) is 4.70 Å². The number of fused-ring (bicyclic) bond motifs is 1. The van der Waals surface area contributed by atoms with Gasteiger partial charge in [-0.2, -0.15) is 0 Å². The van der Waals surface area contributed by atoms with E-state index in [0.29, 0.717) is 17.2 Å². The summed E-state index contributed by atoms with van der Waals surface area (Å²) in [4.78, 5) is 28.1. The SMILES string of the molecule is CN(C)C(=O)[C@H]1CSCN1C(=O)c1ccc2sccc2c1. The number of benzene rings is 1. The standard InChI is InChI=1S/C15H16N2O2S2/c1-16(2)15(19)12-8-20-9-17(12)14(18)11-3-4-13-10(7-11)5-6-21-13/h3-7,12H,8-9H2,1-2H3/t12-/m1/s1. The maximum absolute atomic E-state index is 12.7. The first-order chi connectivity index (χ1) is 10.1. The van der Waals surface area contributed by atoms with Gasteiger partial charge >= 0.3 is 0 Å². The van der Waals surface area contributed by atoms with Crippen LogP contribution in [0.3, 0.4) is 0 Å². The van der Waals surface area contributed by atoms with Crippen molar-refractivity contribution in [1.82, 2.24) is 9.80 Å². The van der Waals surface area contributed by atoms with Crippen LogP contribution in [0.5, 0.6) is 0 Å². The summed E-state index contributed by atoms with van der Waals surface area (Å²) in [6.07, 6.45) is 0. The molecule has 2 heterocycles. The van der Waals surface area contributed by atoms with Gasteiger partial charge in [0.2, 0.25) is 5.91 Å². The van der Waals surface area contributed by atoms with Gasteiger partial charge in [0.1, 0.15) is 6.04 Å². The number of nitrogens with zero attached hydrogens (tertiary/aromatic N) is 2. The van der Waals surface area contributed by atoms with Gasteiger partial charge in [-0.15, -0.1) is 23.1 Å². The molecule has 0 radical (unpaired) electrons. The number of hydrogen-bond donors (Lipinski definition) is 0. The summed E-state index contributed by atoms with van der Waals surface area (Å²) >= 11 is 3.28. The van der Waals surface area contributed by atoms with E-state index in [4.69, 9.17) is 0 Å². The van der Waals surface area contributed by atoms with Crippen LogP contribution >= 0.6 is 23.1 Å². The lowest BCUT2D eigenvalue weighted by molar-refractivity contribution is -0.132. The van der Waals surface area contributed by atoms with Crippen LogP contribution in [-0.4, -0.2) is 53.4 Å². The summed E-state index contributed by atoms with van der Waals surface area (Å²) in [6, 6.07) is 7.39. The molecule has 0 aliphatic carbocycles. The predicted molar refractivity (Wildman–Crippen MR) is 87.8 cm³/mol. The predicted octanol–water partition coefficient (Wildman–Crippen LogP) is 2.50. The molecular weight excluding hydrogens is 304 g/mol. The van der Waals surface area contributed by atoms with Gasteiger partial charge in [-0.3, -0.25) is 9.59 Å². The van der Waals surface area contributed by atoms with Gasteiger partial charge in [-0.05, 0) is 35.0 Å². The molecule has 2 aromatic rings. The van der Waals surface area contributed by atoms with Crippen LogP contribution < -0.4 is 0 Å². The lowest BCUT2D eigenvalue weighted by atomic mass is 10.1. The van der Waals surface area contributed by atoms with E-state index < -0.39 is 0 Å². The van der Waals surface area contributed by atoms with Crippen LogP contribution in [0.25, 0.3) is 10.1 Å². The molecule has 1 atom stereocenters. The van der Waals surface area contributed by atoms with Crippen LogP contribution in [0.1, 0.15) is 10.4 Å². The molecule has 0 spiro atoms. The van der Waals surface area contributed by atoms with Crippen molar-refractivity contribution in [2.45, 2.75) is 6.04 Å². The summed E-state index contributed by atoms with van der Waals surface area (Å²) < 4.78 is 1.17. The average Bonchev–Trinajstić information content (AvgIpc) is 3.13. The fraction of sp³-hybridized carbons (Fsp3) is 0.333. The highest BCUT2D eigenvalue weighted by Crippen LogP contribution is 2.27. The van der Waals surface area contributed by atoms with E-state index in [9.17, 15) is 9.59 Å². The van der Waals surface area contributed by atoms with Crippen LogP contribution in [0.2, 0.25) is 0 Å². The molecule has 0 unspecified atom stereocenters. The number of carbonyl (C=O) groups is 2. The highest BCUT2D eigenvalue weighted by Gasteiger charge is 2.35. The molecule has 1 fully saturated rings. The van der Waals surface area contributed by atoms with Crippen LogP contribution in [-0.2, 0) is 4.79 Å². The summed E-state index contributed by atoms with van der Waals surface area (Å²) in [5, 5.41) is 3.09. The molecule has 3 rings (SSSR count). The van der Waals surface area contributed by atoms with E-state index in [-0.39, 0.29) is 17.9 Å². The van der Waals surface area contributed by atoms with Crippen molar-refractivity contribution in [3.05, 3.63) is 35.2 Å². The first-order valence-electron chi connectivity index (χ1n) is 6.65. The Balaban J connectivity index is 1.88. The lowest BCUT2D eigenvalue weighted by Gasteiger charge is -2.25. The number of carbonyl (C=O) groups excluding carboxylic acids is 2. The fourth-order valence-electron chi connectivity index (χ4n) is 2.41. The summed E-state index contributed by atoms with van der Waals surface area (Å²) in [5.74, 6) is 1.17. The molecule has 1 aromatic heterocycles. The number of hydrogen-bond acceptors (Lipinski definition) is 4. The Morgan fingerprint density at radius 1 is 1.29 bits per heavy atom. The topological polar surface area (TPSA) is 40.6 Å². The maximum atomic E-state index is 12.7. The second kappa shape index (κ2) is 5.69. The largest absolute Gasteiger partial charge is 0.347 e. The first kappa shape index (κ1) is 14.4. The summed E-state index contributed by atoms with van der Waals surface area (Å²) in [5.41, 5.74) is 0.653. The van der Waals surface area contributed by atoms with Gasteiger partial charge in [-0.1, -0.05) is 0 Å². The van der Waals surface area contributed by atoms with Crippen molar-refractivity contribution in [3.8, 4) is 0 Å². The number of likely N-dealkylation sites (N-methyl/N-ethyl adjacent to an activating group) is 1. The molecule has 110 valence electrons. The van der Waals surface area contributed by atoms with Gasteiger partial charge < -0.3 is 9.80 Å². The van der Waals surface area contributed by atoms with Crippen molar-refractivity contribution >= 4 is 45.0 Å². The molecule has 1 aliphatic heterocycles. The van der Waals surface area contributed by atoms with Crippen molar-refractivity contribution < 1.29 is 9.59 Å². The minimum Gasteiger partial charge on any atom is -0.347 e. The van der Waals surface area contributed by atoms with Crippen LogP contribution in [0.15, 0.2) is 29.6 Å². The van der Waals surface area contributed by atoms with Gasteiger partial charge in [-0.25, -0.2) is 0 Å². The lowest BCUT2D eigenvalue weighted by Crippen LogP contribution is -2.46. The molecule has 1 aliphatic rings. The van der Waals surface area contributed by atoms with Crippen LogP contribution in [0.4, 0.5) is 0 Å². The molecule has 0 N–H and O–H groups in total. The van der Waals surface area contributed by atoms with E-state index in [1.54, 1.807) is 47.0 Å². The zero-order chi connectivity index (χ0) is 15.0. The number of rotatable bonds is 2. The second-order valence-electron chi connectivity index (χ2n) is 5.20. The fourth-order valence-corrected chi connectivity index (χ4v) is 4.33. The number of thiophene rings is 1. The molecule has 6 heteroatoms. The van der Waals surface area contributed by atoms with Crippen molar-refractivity contribution in [2.24, 2.45) is 0 Å². The molecule has 0 saturated carbocycles. The Kier molecular flexibility index (Phi) is 3.91. The van der Waals surface area contributed by atoms with Gasteiger partial charge in [0.15, 0.2) is 0 Å². The zero-order valence-electron chi connectivity index (χ0n) is 11.9. The first-order valence-corrected chi connectivity index (χ1v) is 8.68. The smallest absolute Gasteiger partial charge is 0.255 e. The molecule has 2 amide bonds. The molecule has 1 saturated heterocycles. The molecule has 4 nitrogen and oxygen atoms in total. The molecule has 0 bridgehead atoms. The Morgan fingerprint density at radius 3 is 2.86 bits per heavy atom. The monoisotopic (exact) mass is 320 g/mol. The van der Waals surface area contributed by atoms with E-state index in [0.717, 1.165) is 5.39 Å². The minimum absolute atomic E-state index is 0.00930. The number of amides is 2. The van der Waals surface area contributed by atoms with Crippen molar-refractivity contribution in [1.29, 1.82) is 0 Å². The quantitative estimate of drug-likeness (QED) is 0.854. The highest BCUT2D eigenvalue weighted by molar-refractivity contribution is 7.99. The van der Waals surface area contributed by atoms with E-state index >= 15 is 0 Å². The van der Waals surface area contributed by atoms with Crippen molar-refractivity contribution in [2.75, 3.05) is 25.7 Å². The third kappa shape index (κ3) is 2.65. The second-order valence-corrected chi connectivity index (χ2v) is 7.14. The Morgan fingerprint density at radius 2 is 2.10 bits per heavy atom. The van der Waals surface area contributed by atoms with Gasteiger partial charge in [0.25, 0.3) is 5.91 Å².